The second kappa shape index (κ2) is 28.4. The minimum absolute atomic E-state index is 0.312. The summed E-state index contributed by atoms with van der Waals surface area (Å²) in [5.74, 6) is -0.312. The van der Waals surface area contributed by atoms with Gasteiger partial charge in [0.05, 0.1) is 52.4 Å². The van der Waals surface area contributed by atoms with Crippen molar-refractivity contribution in [1.29, 1.82) is 0 Å². The summed E-state index contributed by atoms with van der Waals surface area (Å²) in [5, 5.41) is 235. The van der Waals surface area contributed by atoms with Gasteiger partial charge in [0.2, 0.25) is 0 Å². The minimum atomic E-state index is -2.22. The Bertz CT molecular complexity index is 1860. The van der Waals surface area contributed by atoms with Gasteiger partial charge < -0.3 is 174 Å². The lowest BCUT2D eigenvalue weighted by atomic mass is 9.89. The van der Waals surface area contributed by atoms with Crippen LogP contribution in [0.1, 0.15) is 13.8 Å². The van der Waals surface area contributed by atoms with E-state index in [2.05, 4.69) is 0 Å². The molecule has 7 aliphatic rings. The third-order valence-corrected chi connectivity index (χ3v) is 15.3. The van der Waals surface area contributed by atoms with Crippen LogP contribution in [-0.4, -0.2) is 373 Å². The fourth-order valence-corrected chi connectivity index (χ4v) is 10.6. The van der Waals surface area contributed by atoms with Gasteiger partial charge in [-0.2, -0.15) is 0 Å². The van der Waals surface area contributed by atoms with Crippen molar-refractivity contribution in [2.75, 3.05) is 46.2 Å². The van der Waals surface area contributed by atoms with Gasteiger partial charge >= 0.3 is 0 Å². The average Bonchev–Trinajstić information content (AvgIpc) is 3.44. The lowest BCUT2D eigenvalue weighted by Crippen LogP contribution is -2.68. The Labute approximate surface area is 454 Å². The van der Waals surface area contributed by atoms with Crippen LogP contribution in [0.5, 0.6) is 0 Å². The lowest BCUT2D eigenvalue weighted by molar-refractivity contribution is -0.397. The lowest BCUT2D eigenvalue weighted by Gasteiger charge is -2.50. The maximum Gasteiger partial charge on any atom is 0.187 e. The molecular weight excluding hydrogens is 1100 g/mol. The first-order valence-electron chi connectivity index (χ1n) is 25.9. The molecule has 7 aliphatic heterocycles. The number of aliphatic hydroxyl groups excluding tert-OH is 22. The van der Waals surface area contributed by atoms with Crippen molar-refractivity contribution < 1.29 is 174 Å². The van der Waals surface area contributed by atoms with Gasteiger partial charge in [0, 0.05) is 0 Å². The van der Waals surface area contributed by atoms with Crippen molar-refractivity contribution in [2.45, 2.75) is 229 Å². The molecule has 14 unspecified atom stereocenters. The minimum Gasteiger partial charge on any atom is -0.394 e. The SMILES string of the molecule is CC(C)[C@H]1OC(CO)[C@@H](O[C@H]2OC(CO)[C@@H](O[C@H]3OC(CO)[C@@H](O[C@H]4OC(CO)[C@@H](O[C@H]5OC(CO)[C@@H](O[C@H]6OC(CO)[C@@H](O[C@H]7OC(CO)[C@@H](O)[C@@H](O)C7O)[C@@H](O)C6O)[C@@H](O)C5O)[C@@H](O)C4O)[C@@H](O)C3O)[C@@H](O)C2O)[C@@H](O)C1O. The number of hydrogen-bond acceptors (Lipinski definition) is 35. The molecule has 0 bridgehead atoms. The first-order valence-corrected chi connectivity index (χ1v) is 25.9. The fraction of sp³-hybridized carbons (Fsp3) is 1.00. The second-order valence-corrected chi connectivity index (χ2v) is 20.9. The van der Waals surface area contributed by atoms with E-state index in [4.69, 9.17) is 61.6 Å². The highest BCUT2D eigenvalue weighted by molar-refractivity contribution is 5.01. The highest BCUT2D eigenvalue weighted by Crippen LogP contribution is 2.38. The Morgan fingerprint density at radius 3 is 0.637 bits per heavy atom. The molecule has 35 heteroatoms. The zero-order valence-electron chi connectivity index (χ0n) is 42.9. The number of ether oxygens (including phenoxy) is 13. The van der Waals surface area contributed by atoms with E-state index >= 15 is 0 Å². The molecule has 0 amide bonds. The summed E-state index contributed by atoms with van der Waals surface area (Å²) in [4.78, 5) is 0. The predicted molar refractivity (Wildman–Crippen MR) is 244 cm³/mol. The molecule has 7 saturated heterocycles. The molecule has 7 rings (SSSR count). The molecule has 0 aromatic carbocycles. The number of hydrogen-bond donors (Lipinski definition) is 22. The molecule has 0 radical (unpaired) electrons. The second-order valence-electron chi connectivity index (χ2n) is 20.9. The normalized spacial score (nSPS) is 52.5. The molecule has 35 atom stereocenters. The van der Waals surface area contributed by atoms with Crippen LogP contribution >= 0.6 is 0 Å². The van der Waals surface area contributed by atoms with Gasteiger partial charge in [0.1, 0.15) is 171 Å². The molecule has 0 aliphatic carbocycles. The molecule has 468 valence electrons. The van der Waals surface area contributed by atoms with E-state index in [1.165, 1.54) is 0 Å². The van der Waals surface area contributed by atoms with E-state index < -0.39 is 261 Å². The van der Waals surface area contributed by atoms with E-state index in [0.717, 1.165) is 0 Å². The van der Waals surface area contributed by atoms with E-state index in [9.17, 15) is 112 Å². The molecule has 0 aromatic rings. The van der Waals surface area contributed by atoms with Crippen LogP contribution in [0.3, 0.4) is 0 Å². The first kappa shape index (κ1) is 66.1. The van der Waals surface area contributed by atoms with Gasteiger partial charge in [-0.3, -0.25) is 0 Å². The number of rotatable bonds is 20. The Morgan fingerprint density at radius 2 is 0.425 bits per heavy atom. The van der Waals surface area contributed by atoms with E-state index in [1.54, 1.807) is 13.8 Å². The summed E-state index contributed by atoms with van der Waals surface area (Å²) in [6.07, 6.45) is -64.8. The molecule has 22 N–H and O–H groups in total. The molecule has 7 fully saturated rings. The molecule has 0 saturated carbocycles. The van der Waals surface area contributed by atoms with Crippen LogP contribution < -0.4 is 0 Å². The Kier molecular flexibility index (Phi) is 23.5. The smallest absolute Gasteiger partial charge is 0.187 e. The molecule has 7 heterocycles. The van der Waals surface area contributed by atoms with E-state index in [0.29, 0.717) is 0 Å². The largest absolute Gasteiger partial charge is 0.394 e. The van der Waals surface area contributed by atoms with E-state index in [-0.39, 0.29) is 5.92 Å². The predicted octanol–water partition coefficient (Wildman–Crippen LogP) is -14.6. The van der Waals surface area contributed by atoms with Gasteiger partial charge in [0.25, 0.3) is 0 Å². The van der Waals surface area contributed by atoms with Gasteiger partial charge in [-0.15, -0.1) is 0 Å². The van der Waals surface area contributed by atoms with Crippen LogP contribution in [0.15, 0.2) is 0 Å². The molecule has 35 nitrogen and oxygen atoms in total. The van der Waals surface area contributed by atoms with Crippen LogP contribution in [0.25, 0.3) is 0 Å². The van der Waals surface area contributed by atoms with Gasteiger partial charge in [-0.1, -0.05) is 13.8 Å². The van der Waals surface area contributed by atoms with Crippen molar-refractivity contribution in [3.8, 4) is 0 Å². The van der Waals surface area contributed by atoms with Gasteiger partial charge in [-0.05, 0) is 5.92 Å². The summed E-state index contributed by atoms with van der Waals surface area (Å²) in [6.45, 7) is -3.22. The standard InChI is InChI=1S/C45H78O35/c1-10(2)33-20(55)21(56)34(12(4-47)68-33)75-41-28(63)23(58)36(14(6-49)70-41)77-43-30(65)25(60)38(16(8-51)72-43)79-45-32(67)26(61)39(17(9-52)74-45)80-44-31(66)24(59)37(15(7-50)73-44)78-42-29(64)22(57)35(13(5-48)71-42)76-40-27(62)19(54)18(53)11(3-46)69-40/h10-67H,3-9H2,1-2H3/t11?,12?,13?,14?,15?,16?,17?,18-,19-,20?,21+,22+,23+,24+,25+,26+,27?,28?,29?,30?,31?,32?,33-,34-,35-,36-,37-,38-,39-,40-,41-,42-,43-,44-,45-/m1/s1. The van der Waals surface area contributed by atoms with Crippen molar-refractivity contribution in [1.82, 2.24) is 0 Å². The zero-order valence-corrected chi connectivity index (χ0v) is 42.9. The first-order chi connectivity index (χ1) is 37.9. The zero-order chi connectivity index (χ0) is 58.9. The fourth-order valence-electron chi connectivity index (χ4n) is 10.6. The summed E-state index contributed by atoms with van der Waals surface area (Å²) in [7, 11) is 0. The maximum atomic E-state index is 11.3. The Balaban J connectivity index is 0.946. The highest BCUT2D eigenvalue weighted by atomic mass is 16.8. The topological polar surface area (TPSA) is 565 Å². The third kappa shape index (κ3) is 13.4. The van der Waals surface area contributed by atoms with Gasteiger partial charge in [-0.25, -0.2) is 0 Å². The monoisotopic (exact) mass is 1180 g/mol. The summed E-state index contributed by atoms with van der Waals surface area (Å²) in [6, 6.07) is 0. The number of aliphatic hydroxyl groups is 22. The molecule has 0 aromatic heterocycles. The van der Waals surface area contributed by atoms with Crippen molar-refractivity contribution in [2.24, 2.45) is 5.92 Å². The van der Waals surface area contributed by atoms with E-state index in [1.807, 2.05) is 0 Å². The highest BCUT2D eigenvalue weighted by Gasteiger charge is 2.58. The Morgan fingerprint density at radius 1 is 0.237 bits per heavy atom. The maximum absolute atomic E-state index is 11.3. The van der Waals surface area contributed by atoms with Crippen LogP contribution in [0.4, 0.5) is 0 Å². The van der Waals surface area contributed by atoms with Crippen molar-refractivity contribution in [3.05, 3.63) is 0 Å². The van der Waals surface area contributed by atoms with Crippen molar-refractivity contribution in [3.63, 3.8) is 0 Å². The van der Waals surface area contributed by atoms with Crippen LogP contribution in [0.2, 0.25) is 0 Å². The molecule has 0 spiro atoms. The quantitative estimate of drug-likeness (QED) is 0.0538. The summed E-state index contributed by atoms with van der Waals surface area (Å²) < 4.78 is 73.2. The van der Waals surface area contributed by atoms with Crippen LogP contribution in [0, 0.1) is 5.92 Å². The molecule has 80 heavy (non-hydrogen) atoms. The average molecular weight is 1180 g/mol. The summed E-state index contributed by atoms with van der Waals surface area (Å²) >= 11 is 0. The van der Waals surface area contributed by atoms with Crippen molar-refractivity contribution >= 4 is 0 Å². The third-order valence-electron chi connectivity index (χ3n) is 15.3. The molecular formula is C45H78O35. The van der Waals surface area contributed by atoms with Crippen LogP contribution in [-0.2, 0) is 61.6 Å². The Hall–Kier alpha value is -1.40. The summed E-state index contributed by atoms with van der Waals surface area (Å²) in [5.41, 5.74) is 0. The van der Waals surface area contributed by atoms with Gasteiger partial charge in [0.15, 0.2) is 37.7 Å².